The third-order valence-electron chi connectivity index (χ3n) is 2.73. The summed E-state index contributed by atoms with van der Waals surface area (Å²) in [6, 6.07) is 6.74. The summed E-state index contributed by atoms with van der Waals surface area (Å²) in [5.41, 5.74) is 1.27. The Labute approximate surface area is 124 Å². The van der Waals surface area contributed by atoms with Gasteiger partial charge in [-0.1, -0.05) is 12.1 Å². The molecule has 0 amide bonds. The van der Waals surface area contributed by atoms with E-state index in [1.807, 2.05) is 0 Å². The Kier molecular flexibility index (Phi) is 7.82. The van der Waals surface area contributed by atoms with Crippen LogP contribution in [0.1, 0.15) is 28.8 Å². The first-order valence-electron chi connectivity index (χ1n) is 6.69. The quantitative estimate of drug-likeness (QED) is 0.418. The van der Waals surface area contributed by atoms with Gasteiger partial charge in [0, 0.05) is 19.8 Å². The topological polar surface area (TPSA) is 61.8 Å². The van der Waals surface area contributed by atoms with Crippen LogP contribution in [0.5, 0.6) is 0 Å². The molecule has 0 bridgehead atoms. The van der Waals surface area contributed by atoms with Crippen molar-refractivity contribution in [1.82, 2.24) is 0 Å². The lowest BCUT2D eigenvalue weighted by atomic mass is 10.1. The van der Waals surface area contributed by atoms with Crippen molar-refractivity contribution >= 4 is 18.0 Å². The molecule has 5 heteroatoms. The van der Waals surface area contributed by atoms with E-state index >= 15 is 0 Å². The van der Waals surface area contributed by atoms with E-state index < -0.39 is 0 Å². The minimum Gasteiger partial charge on any atom is -0.465 e. The van der Waals surface area contributed by atoms with Gasteiger partial charge in [0.2, 0.25) is 0 Å². The summed E-state index contributed by atoms with van der Waals surface area (Å²) in [7, 11) is 2.97. The molecule has 5 nitrogen and oxygen atoms in total. The fourth-order valence-electron chi connectivity index (χ4n) is 1.58. The number of esters is 2. The van der Waals surface area contributed by atoms with Crippen molar-refractivity contribution in [3.8, 4) is 0 Å². The highest BCUT2D eigenvalue weighted by molar-refractivity contribution is 5.90. The van der Waals surface area contributed by atoms with Gasteiger partial charge >= 0.3 is 11.9 Å². The Balaban J connectivity index is 2.38. The summed E-state index contributed by atoms with van der Waals surface area (Å²) in [4.78, 5) is 22.7. The summed E-state index contributed by atoms with van der Waals surface area (Å²) >= 11 is 0. The minimum absolute atomic E-state index is 0.383. The van der Waals surface area contributed by atoms with E-state index in [9.17, 15) is 9.59 Å². The molecule has 1 rings (SSSR count). The van der Waals surface area contributed by atoms with Crippen LogP contribution in [-0.4, -0.2) is 39.4 Å². The Morgan fingerprint density at radius 3 is 2.33 bits per heavy atom. The molecule has 1 aromatic rings. The summed E-state index contributed by atoms with van der Waals surface area (Å²) in [5.74, 6) is -0.773. The van der Waals surface area contributed by atoms with Gasteiger partial charge in [-0.3, -0.25) is 0 Å². The Morgan fingerprint density at radius 1 is 1.05 bits per heavy atom. The van der Waals surface area contributed by atoms with E-state index in [0.29, 0.717) is 18.8 Å². The van der Waals surface area contributed by atoms with Crippen LogP contribution >= 0.6 is 0 Å². The summed E-state index contributed by atoms with van der Waals surface area (Å²) in [5, 5.41) is 0. The predicted molar refractivity (Wildman–Crippen MR) is 78.9 cm³/mol. The fraction of sp³-hybridized carbons (Fsp3) is 0.375. The lowest BCUT2D eigenvalue weighted by molar-refractivity contribution is -0.137. The van der Waals surface area contributed by atoms with Crippen LogP contribution in [0.4, 0.5) is 0 Å². The highest BCUT2D eigenvalue weighted by atomic mass is 16.5. The number of methoxy groups -OCH3 is 2. The van der Waals surface area contributed by atoms with Gasteiger partial charge in [0.15, 0.2) is 0 Å². The predicted octanol–water partition coefficient (Wildman–Crippen LogP) is 2.46. The van der Waals surface area contributed by atoms with Crippen LogP contribution in [0, 0.1) is 0 Å². The van der Waals surface area contributed by atoms with E-state index in [-0.39, 0.29) is 11.9 Å². The molecule has 0 aliphatic carbocycles. The first-order valence-corrected chi connectivity index (χ1v) is 6.69. The molecule has 0 saturated carbocycles. The minimum atomic E-state index is -0.388. The number of carbonyl (C=O) groups excluding carboxylic acids is 2. The molecular formula is C16H20O5. The maximum atomic E-state index is 11.5. The van der Waals surface area contributed by atoms with Gasteiger partial charge in [0.1, 0.15) is 0 Å². The molecular weight excluding hydrogens is 272 g/mol. The number of unbranched alkanes of at least 4 members (excludes halogenated alkanes) is 1. The molecule has 0 spiro atoms. The van der Waals surface area contributed by atoms with Gasteiger partial charge < -0.3 is 14.2 Å². The Morgan fingerprint density at radius 2 is 1.71 bits per heavy atom. The Bertz CT molecular complexity index is 476. The molecule has 114 valence electrons. The van der Waals surface area contributed by atoms with Gasteiger partial charge in [0.25, 0.3) is 0 Å². The van der Waals surface area contributed by atoms with Crippen LogP contribution in [0.2, 0.25) is 0 Å². The summed E-state index contributed by atoms with van der Waals surface area (Å²) in [6.45, 7) is 1.05. The normalized spacial score (nSPS) is 10.6. The first kappa shape index (κ1) is 16.9. The van der Waals surface area contributed by atoms with Crippen molar-refractivity contribution < 1.29 is 23.8 Å². The van der Waals surface area contributed by atoms with Crippen molar-refractivity contribution in [1.29, 1.82) is 0 Å². The van der Waals surface area contributed by atoms with Gasteiger partial charge in [-0.25, -0.2) is 9.59 Å². The van der Waals surface area contributed by atoms with Gasteiger partial charge in [-0.2, -0.15) is 0 Å². The number of benzene rings is 1. The average molecular weight is 292 g/mol. The lowest BCUT2D eigenvalue weighted by Gasteiger charge is -2.01. The molecule has 0 radical (unpaired) electrons. The highest BCUT2D eigenvalue weighted by Gasteiger charge is 2.03. The van der Waals surface area contributed by atoms with Crippen molar-refractivity contribution in [3.05, 3.63) is 41.5 Å². The van der Waals surface area contributed by atoms with E-state index in [2.05, 4.69) is 4.74 Å². The van der Waals surface area contributed by atoms with Gasteiger partial charge in [-0.15, -0.1) is 0 Å². The summed E-state index contributed by atoms with van der Waals surface area (Å²) in [6.07, 6.45) is 4.64. The number of hydrogen-bond acceptors (Lipinski definition) is 5. The van der Waals surface area contributed by atoms with Crippen LogP contribution in [-0.2, 0) is 19.0 Å². The van der Waals surface area contributed by atoms with Crippen LogP contribution in [0.25, 0.3) is 6.08 Å². The monoisotopic (exact) mass is 292 g/mol. The number of carbonyl (C=O) groups is 2. The maximum Gasteiger partial charge on any atom is 0.337 e. The molecule has 0 fully saturated rings. The molecule has 0 aromatic heterocycles. The molecule has 0 N–H and O–H groups in total. The molecule has 0 aliphatic heterocycles. The van der Waals surface area contributed by atoms with E-state index in [1.165, 1.54) is 13.2 Å². The number of hydrogen-bond donors (Lipinski definition) is 0. The number of rotatable bonds is 8. The smallest absolute Gasteiger partial charge is 0.337 e. The molecule has 21 heavy (non-hydrogen) atoms. The number of ether oxygens (including phenoxy) is 3. The fourth-order valence-corrected chi connectivity index (χ4v) is 1.58. The van der Waals surface area contributed by atoms with Crippen molar-refractivity contribution in [3.63, 3.8) is 0 Å². The molecule has 0 atom stereocenters. The largest absolute Gasteiger partial charge is 0.465 e. The Hall–Kier alpha value is -2.14. The van der Waals surface area contributed by atoms with E-state index in [4.69, 9.17) is 9.47 Å². The molecule has 0 aliphatic rings. The van der Waals surface area contributed by atoms with Crippen molar-refractivity contribution in [2.24, 2.45) is 0 Å². The lowest BCUT2D eigenvalue weighted by Crippen LogP contribution is -2.03. The molecule has 0 saturated heterocycles. The van der Waals surface area contributed by atoms with E-state index in [0.717, 1.165) is 18.4 Å². The third-order valence-corrected chi connectivity index (χ3v) is 2.73. The second kappa shape index (κ2) is 9.72. The first-order chi connectivity index (χ1) is 10.2. The average Bonchev–Trinajstić information content (AvgIpc) is 2.52. The van der Waals surface area contributed by atoms with Gasteiger partial charge in [-0.05, 0) is 36.6 Å². The zero-order chi connectivity index (χ0) is 15.5. The van der Waals surface area contributed by atoms with Crippen LogP contribution in [0.15, 0.2) is 30.3 Å². The molecule has 0 unspecified atom stereocenters. The van der Waals surface area contributed by atoms with Gasteiger partial charge in [0.05, 0.1) is 19.3 Å². The molecule has 1 aromatic carbocycles. The van der Waals surface area contributed by atoms with Crippen LogP contribution < -0.4 is 0 Å². The SMILES string of the molecule is COCCCCOC(=O)/C=C/c1ccc(C(=O)OC)cc1. The second-order valence-corrected chi connectivity index (χ2v) is 4.31. The zero-order valence-electron chi connectivity index (χ0n) is 12.3. The van der Waals surface area contributed by atoms with Crippen LogP contribution in [0.3, 0.4) is 0 Å². The second-order valence-electron chi connectivity index (χ2n) is 4.31. The standard InChI is InChI=1S/C16H20O5/c1-19-11-3-4-12-21-15(17)10-7-13-5-8-14(9-6-13)16(18)20-2/h5-10H,3-4,11-12H2,1-2H3/b10-7+. The highest BCUT2D eigenvalue weighted by Crippen LogP contribution is 2.07. The summed E-state index contributed by atoms with van der Waals surface area (Å²) < 4.78 is 14.5. The molecule has 0 heterocycles. The van der Waals surface area contributed by atoms with Crippen molar-refractivity contribution in [2.45, 2.75) is 12.8 Å². The van der Waals surface area contributed by atoms with E-state index in [1.54, 1.807) is 37.5 Å². The van der Waals surface area contributed by atoms with Crippen molar-refractivity contribution in [2.75, 3.05) is 27.4 Å². The maximum absolute atomic E-state index is 11.5. The third kappa shape index (κ3) is 6.72. The zero-order valence-corrected chi connectivity index (χ0v) is 12.3.